The number of nitrogens with zero attached hydrogens (tertiary/aromatic N) is 3. The molecule has 128 valence electrons. The molecule has 0 N–H and O–H groups in total. The fourth-order valence-electron chi connectivity index (χ4n) is 3.45. The molecule has 24 heavy (non-hydrogen) atoms. The Kier molecular flexibility index (Phi) is 4.88. The molecule has 7 heteroatoms. The molecule has 0 saturated carbocycles. The number of rotatable bonds is 3. The van der Waals surface area contributed by atoms with Crippen molar-refractivity contribution in [3.63, 3.8) is 0 Å². The number of nitriles is 1. The minimum atomic E-state index is -3.78. The van der Waals surface area contributed by atoms with Crippen LogP contribution in [-0.4, -0.2) is 49.2 Å². The Morgan fingerprint density at radius 2 is 1.83 bits per heavy atom. The van der Waals surface area contributed by atoms with Crippen molar-refractivity contribution < 1.29 is 13.2 Å². The summed E-state index contributed by atoms with van der Waals surface area (Å²) in [4.78, 5) is 14.6. The van der Waals surface area contributed by atoms with E-state index in [1.54, 1.807) is 17.0 Å². The molecule has 0 unspecified atom stereocenters. The molecule has 1 aromatic rings. The van der Waals surface area contributed by atoms with Crippen molar-refractivity contribution in [1.82, 2.24) is 9.21 Å². The second-order valence-electron chi connectivity index (χ2n) is 6.30. The summed E-state index contributed by atoms with van der Waals surface area (Å²) >= 11 is 0. The molecule has 1 aromatic carbocycles. The maximum Gasteiger partial charge on any atom is 0.243 e. The predicted molar refractivity (Wildman–Crippen MR) is 88.5 cm³/mol. The van der Waals surface area contributed by atoms with Crippen molar-refractivity contribution in [3.05, 3.63) is 29.8 Å². The van der Waals surface area contributed by atoms with Crippen molar-refractivity contribution in [2.24, 2.45) is 0 Å². The van der Waals surface area contributed by atoms with Crippen LogP contribution in [-0.2, 0) is 14.8 Å². The molecule has 2 aliphatic rings. The first kappa shape index (κ1) is 16.9. The van der Waals surface area contributed by atoms with Gasteiger partial charge in [0.2, 0.25) is 15.9 Å². The number of likely N-dealkylation sites (tertiary alicyclic amines) is 1. The van der Waals surface area contributed by atoms with Gasteiger partial charge in [-0.1, -0.05) is 12.5 Å². The van der Waals surface area contributed by atoms with Crippen LogP contribution < -0.4 is 0 Å². The average Bonchev–Trinajstić information content (AvgIpc) is 3.16. The SMILES string of the molecule is N#Cc1cccc(S(=O)(=O)N2CCCC[C@H]2C(=O)N2CCCC2)c1. The Bertz CT molecular complexity index is 764. The topological polar surface area (TPSA) is 81.5 Å². The average molecular weight is 347 g/mol. The summed E-state index contributed by atoms with van der Waals surface area (Å²) in [7, 11) is -3.78. The molecule has 1 atom stereocenters. The molecule has 0 radical (unpaired) electrons. The Hall–Kier alpha value is -1.91. The van der Waals surface area contributed by atoms with E-state index >= 15 is 0 Å². The number of sulfonamides is 1. The van der Waals surface area contributed by atoms with Crippen LogP contribution in [0, 0.1) is 11.3 Å². The predicted octanol–water partition coefficient (Wildman–Crippen LogP) is 1.72. The van der Waals surface area contributed by atoms with Crippen LogP contribution >= 0.6 is 0 Å². The van der Waals surface area contributed by atoms with Gasteiger partial charge in [0.05, 0.1) is 16.5 Å². The number of benzene rings is 1. The van der Waals surface area contributed by atoms with Gasteiger partial charge in [-0.15, -0.1) is 0 Å². The van der Waals surface area contributed by atoms with E-state index in [9.17, 15) is 13.2 Å². The van der Waals surface area contributed by atoms with Crippen LogP contribution in [0.15, 0.2) is 29.2 Å². The molecule has 2 saturated heterocycles. The maximum absolute atomic E-state index is 13.0. The normalized spacial score (nSPS) is 22.3. The highest BCUT2D eigenvalue weighted by Gasteiger charge is 2.39. The van der Waals surface area contributed by atoms with Crippen molar-refractivity contribution in [2.75, 3.05) is 19.6 Å². The second kappa shape index (κ2) is 6.91. The number of hydrogen-bond donors (Lipinski definition) is 0. The van der Waals surface area contributed by atoms with E-state index in [0.29, 0.717) is 31.6 Å². The van der Waals surface area contributed by atoms with Crippen LogP contribution in [0.5, 0.6) is 0 Å². The number of amides is 1. The fraction of sp³-hybridized carbons (Fsp3) is 0.529. The van der Waals surface area contributed by atoms with E-state index in [-0.39, 0.29) is 10.8 Å². The zero-order valence-electron chi connectivity index (χ0n) is 13.5. The fourth-order valence-corrected chi connectivity index (χ4v) is 5.15. The number of piperidine rings is 1. The molecule has 0 bridgehead atoms. The smallest absolute Gasteiger partial charge is 0.243 e. The van der Waals surface area contributed by atoms with Crippen molar-refractivity contribution in [2.45, 2.75) is 43.0 Å². The summed E-state index contributed by atoms with van der Waals surface area (Å²) in [5, 5.41) is 9.00. The van der Waals surface area contributed by atoms with Gasteiger partial charge in [-0.2, -0.15) is 9.57 Å². The van der Waals surface area contributed by atoms with Gasteiger partial charge in [-0.05, 0) is 43.9 Å². The van der Waals surface area contributed by atoms with E-state index in [1.807, 2.05) is 6.07 Å². The Morgan fingerprint density at radius 1 is 1.12 bits per heavy atom. The Morgan fingerprint density at radius 3 is 2.54 bits per heavy atom. The molecule has 0 spiro atoms. The van der Waals surface area contributed by atoms with Crippen LogP contribution in [0.25, 0.3) is 0 Å². The van der Waals surface area contributed by atoms with Crippen LogP contribution in [0.3, 0.4) is 0 Å². The standard InChI is InChI=1S/C17H21N3O3S/c18-13-14-6-5-7-15(12-14)24(22,23)20-11-2-1-8-16(20)17(21)19-9-3-4-10-19/h5-7,12,16H,1-4,8-11H2/t16-/m0/s1. The zero-order chi connectivity index (χ0) is 17.2. The number of carbonyl (C=O) groups is 1. The van der Waals surface area contributed by atoms with Gasteiger partial charge in [0, 0.05) is 19.6 Å². The molecule has 2 fully saturated rings. The van der Waals surface area contributed by atoms with E-state index in [2.05, 4.69) is 0 Å². The summed E-state index contributed by atoms with van der Waals surface area (Å²) in [6.45, 7) is 1.78. The van der Waals surface area contributed by atoms with Crippen molar-refractivity contribution in [3.8, 4) is 6.07 Å². The molecule has 2 aliphatic heterocycles. The van der Waals surface area contributed by atoms with Gasteiger partial charge >= 0.3 is 0 Å². The lowest BCUT2D eigenvalue weighted by Crippen LogP contribution is -2.52. The first-order valence-electron chi connectivity index (χ1n) is 8.35. The molecule has 0 aliphatic carbocycles. The van der Waals surface area contributed by atoms with Gasteiger partial charge in [-0.25, -0.2) is 8.42 Å². The van der Waals surface area contributed by atoms with Crippen LogP contribution in [0.4, 0.5) is 0 Å². The van der Waals surface area contributed by atoms with Gasteiger partial charge in [-0.3, -0.25) is 4.79 Å². The van der Waals surface area contributed by atoms with E-state index in [1.165, 1.54) is 16.4 Å². The minimum absolute atomic E-state index is 0.0767. The second-order valence-corrected chi connectivity index (χ2v) is 8.19. The summed E-state index contributed by atoms with van der Waals surface area (Å²) in [5.74, 6) is -0.0767. The van der Waals surface area contributed by atoms with Gasteiger partial charge < -0.3 is 4.90 Å². The highest BCUT2D eigenvalue weighted by Crippen LogP contribution is 2.27. The van der Waals surface area contributed by atoms with Gasteiger partial charge in [0.1, 0.15) is 6.04 Å². The molecular formula is C17H21N3O3S. The van der Waals surface area contributed by atoms with E-state index in [4.69, 9.17) is 5.26 Å². The summed E-state index contributed by atoms with van der Waals surface area (Å²) in [5.41, 5.74) is 0.301. The Labute approximate surface area is 142 Å². The molecule has 3 rings (SSSR count). The molecule has 1 amide bonds. The third kappa shape index (κ3) is 3.17. The summed E-state index contributed by atoms with van der Waals surface area (Å²) in [6, 6.07) is 7.34. The third-order valence-corrected chi connectivity index (χ3v) is 6.63. The van der Waals surface area contributed by atoms with Crippen molar-refractivity contribution >= 4 is 15.9 Å². The van der Waals surface area contributed by atoms with Crippen molar-refractivity contribution in [1.29, 1.82) is 5.26 Å². The van der Waals surface area contributed by atoms with E-state index < -0.39 is 16.1 Å². The summed E-state index contributed by atoms with van der Waals surface area (Å²) < 4.78 is 27.4. The third-order valence-electron chi connectivity index (χ3n) is 4.73. The van der Waals surface area contributed by atoms with Crippen LogP contribution in [0.2, 0.25) is 0 Å². The first-order valence-corrected chi connectivity index (χ1v) is 9.79. The zero-order valence-corrected chi connectivity index (χ0v) is 14.3. The summed E-state index contributed by atoms with van der Waals surface area (Å²) in [6.07, 6.45) is 4.13. The molecule has 2 heterocycles. The van der Waals surface area contributed by atoms with Crippen LogP contribution in [0.1, 0.15) is 37.7 Å². The quantitative estimate of drug-likeness (QED) is 0.834. The Balaban J connectivity index is 1.91. The molecule has 0 aromatic heterocycles. The molecule has 6 nitrogen and oxygen atoms in total. The lowest BCUT2D eigenvalue weighted by Gasteiger charge is -2.35. The minimum Gasteiger partial charge on any atom is -0.341 e. The monoisotopic (exact) mass is 347 g/mol. The van der Waals surface area contributed by atoms with E-state index in [0.717, 1.165) is 25.7 Å². The van der Waals surface area contributed by atoms with Gasteiger partial charge in [0.25, 0.3) is 0 Å². The highest BCUT2D eigenvalue weighted by molar-refractivity contribution is 7.89. The molecular weight excluding hydrogens is 326 g/mol. The number of carbonyl (C=O) groups excluding carboxylic acids is 1. The largest absolute Gasteiger partial charge is 0.341 e. The highest BCUT2D eigenvalue weighted by atomic mass is 32.2. The maximum atomic E-state index is 13.0. The number of hydrogen-bond acceptors (Lipinski definition) is 4. The lowest BCUT2D eigenvalue weighted by molar-refractivity contribution is -0.135. The first-order chi connectivity index (χ1) is 11.5. The van der Waals surface area contributed by atoms with Gasteiger partial charge in [0.15, 0.2) is 0 Å². The lowest BCUT2D eigenvalue weighted by atomic mass is 10.0.